The maximum absolute atomic E-state index is 4.32. The molecule has 5 nitrogen and oxygen atoms in total. The Labute approximate surface area is 143 Å². The lowest BCUT2D eigenvalue weighted by atomic mass is 10.0. The first kappa shape index (κ1) is 19.6. The van der Waals surface area contributed by atoms with Gasteiger partial charge >= 0.3 is 0 Å². The maximum atomic E-state index is 4.32. The first-order chi connectivity index (χ1) is 8.85. The number of nitrogens with zero attached hydrogens (tertiary/aromatic N) is 3. The van der Waals surface area contributed by atoms with Crippen molar-refractivity contribution in [2.45, 2.75) is 32.9 Å². The molecule has 0 radical (unpaired) electrons. The Hall–Kier alpha value is -0.410. The van der Waals surface area contributed by atoms with Gasteiger partial charge in [-0.05, 0) is 34.9 Å². The van der Waals surface area contributed by atoms with Crippen LogP contribution in [0.15, 0.2) is 11.2 Å². The standard InChI is InChI=1S/C13H25N5S.HI/c1-10-7-15-11(19-10)8-16-12(14-4)17-9-13(2,3)18(5)6;/h7H,8-9H2,1-6H3,(H2,14,16,17);1H. The zero-order chi connectivity index (χ0) is 14.5. The van der Waals surface area contributed by atoms with Crippen molar-refractivity contribution < 1.29 is 0 Å². The zero-order valence-corrected chi connectivity index (χ0v) is 16.3. The molecular formula is C13H26IN5S. The van der Waals surface area contributed by atoms with Crippen LogP contribution < -0.4 is 10.6 Å². The molecule has 0 aliphatic heterocycles. The number of guanidine groups is 1. The fraction of sp³-hybridized carbons (Fsp3) is 0.692. The minimum absolute atomic E-state index is 0. The van der Waals surface area contributed by atoms with Crippen LogP contribution in [-0.2, 0) is 6.54 Å². The third kappa shape index (κ3) is 6.36. The zero-order valence-electron chi connectivity index (χ0n) is 13.1. The molecule has 0 amide bonds. The van der Waals surface area contributed by atoms with E-state index in [1.165, 1.54) is 4.88 Å². The number of nitrogens with one attached hydrogen (secondary N) is 2. The maximum Gasteiger partial charge on any atom is 0.191 e. The van der Waals surface area contributed by atoms with Crippen molar-refractivity contribution >= 4 is 41.3 Å². The summed E-state index contributed by atoms with van der Waals surface area (Å²) in [6, 6.07) is 0. The van der Waals surface area contributed by atoms with E-state index in [0.29, 0.717) is 6.54 Å². The summed E-state index contributed by atoms with van der Waals surface area (Å²) < 4.78 is 0. The molecule has 1 aromatic rings. The van der Waals surface area contributed by atoms with Crippen LogP contribution in [0.3, 0.4) is 0 Å². The van der Waals surface area contributed by atoms with E-state index in [-0.39, 0.29) is 29.5 Å². The van der Waals surface area contributed by atoms with E-state index in [0.717, 1.165) is 17.5 Å². The minimum atomic E-state index is 0. The summed E-state index contributed by atoms with van der Waals surface area (Å²) >= 11 is 1.70. The van der Waals surface area contributed by atoms with E-state index < -0.39 is 0 Å². The van der Waals surface area contributed by atoms with Gasteiger partial charge in [-0.2, -0.15) is 0 Å². The second kappa shape index (κ2) is 8.78. The summed E-state index contributed by atoms with van der Waals surface area (Å²) in [5.41, 5.74) is 0.0788. The number of aryl methyl sites for hydroxylation is 1. The molecule has 1 heterocycles. The van der Waals surface area contributed by atoms with Crippen molar-refractivity contribution in [1.29, 1.82) is 0 Å². The average Bonchev–Trinajstić information content (AvgIpc) is 2.75. The van der Waals surface area contributed by atoms with E-state index >= 15 is 0 Å². The van der Waals surface area contributed by atoms with Crippen molar-refractivity contribution in [3.8, 4) is 0 Å². The summed E-state index contributed by atoms with van der Waals surface area (Å²) in [5, 5.41) is 7.70. The summed E-state index contributed by atoms with van der Waals surface area (Å²) in [4.78, 5) is 12.0. The number of aromatic nitrogens is 1. The summed E-state index contributed by atoms with van der Waals surface area (Å²) in [6.07, 6.45) is 1.90. The molecule has 20 heavy (non-hydrogen) atoms. The largest absolute Gasteiger partial charge is 0.355 e. The molecule has 0 aliphatic carbocycles. The summed E-state index contributed by atoms with van der Waals surface area (Å²) in [6.45, 7) is 7.99. The van der Waals surface area contributed by atoms with Gasteiger partial charge in [0.15, 0.2) is 5.96 Å². The fourth-order valence-corrected chi connectivity index (χ4v) is 2.05. The molecule has 7 heteroatoms. The van der Waals surface area contributed by atoms with Crippen LogP contribution in [0.2, 0.25) is 0 Å². The molecule has 0 fully saturated rings. The summed E-state index contributed by atoms with van der Waals surface area (Å²) in [7, 11) is 5.94. The van der Waals surface area contributed by atoms with Crippen molar-refractivity contribution in [2.75, 3.05) is 27.7 Å². The van der Waals surface area contributed by atoms with Crippen LogP contribution >= 0.6 is 35.3 Å². The highest BCUT2D eigenvalue weighted by Gasteiger charge is 2.20. The van der Waals surface area contributed by atoms with Gasteiger partial charge in [-0.3, -0.25) is 4.99 Å². The third-order valence-electron chi connectivity index (χ3n) is 3.20. The third-order valence-corrected chi connectivity index (χ3v) is 4.11. The molecule has 0 saturated heterocycles. The van der Waals surface area contributed by atoms with E-state index in [1.807, 2.05) is 6.20 Å². The lowest BCUT2D eigenvalue weighted by molar-refractivity contribution is 0.197. The predicted molar refractivity (Wildman–Crippen MR) is 98.2 cm³/mol. The van der Waals surface area contributed by atoms with E-state index in [1.54, 1.807) is 18.4 Å². The van der Waals surface area contributed by atoms with Gasteiger partial charge in [0.25, 0.3) is 0 Å². The van der Waals surface area contributed by atoms with Gasteiger partial charge in [-0.1, -0.05) is 0 Å². The molecule has 0 bridgehead atoms. The minimum Gasteiger partial charge on any atom is -0.355 e. The Bertz CT molecular complexity index is 428. The Balaban J connectivity index is 0.00000361. The number of aliphatic imine (C=N–C) groups is 1. The smallest absolute Gasteiger partial charge is 0.191 e. The van der Waals surface area contributed by atoms with Gasteiger partial charge in [-0.15, -0.1) is 35.3 Å². The predicted octanol–water partition coefficient (Wildman–Crippen LogP) is 2.07. The average molecular weight is 411 g/mol. The SMILES string of the molecule is CN=C(NCc1ncc(C)s1)NCC(C)(C)N(C)C.I. The van der Waals surface area contributed by atoms with E-state index in [4.69, 9.17) is 0 Å². The molecular weight excluding hydrogens is 385 g/mol. The number of hydrogen-bond acceptors (Lipinski definition) is 4. The van der Waals surface area contributed by atoms with Crippen LogP contribution in [-0.4, -0.2) is 49.1 Å². The van der Waals surface area contributed by atoms with Crippen LogP contribution in [0.25, 0.3) is 0 Å². The van der Waals surface area contributed by atoms with Gasteiger partial charge in [0.05, 0.1) is 6.54 Å². The number of halogens is 1. The molecule has 1 rings (SSSR count). The van der Waals surface area contributed by atoms with Crippen molar-refractivity contribution in [2.24, 2.45) is 4.99 Å². The quantitative estimate of drug-likeness (QED) is 0.443. The lowest BCUT2D eigenvalue weighted by Gasteiger charge is -2.33. The van der Waals surface area contributed by atoms with Crippen LogP contribution in [0.5, 0.6) is 0 Å². The molecule has 0 aliphatic rings. The highest BCUT2D eigenvalue weighted by atomic mass is 127. The molecule has 116 valence electrons. The molecule has 1 aromatic heterocycles. The Morgan fingerprint density at radius 1 is 1.40 bits per heavy atom. The number of rotatable bonds is 5. The first-order valence-corrected chi connectivity index (χ1v) is 7.20. The van der Waals surface area contributed by atoms with E-state index in [2.05, 4.69) is 60.4 Å². The molecule has 0 saturated carbocycles. The van der Waals surface area contributed by atoms with Crippen molar-refractivity contribution in [1.82, 2.24) is 20.5 Å². The van der Waals surface area contributed by atoms with Gasteiger partial charge in [0.2, 0.25) is 0 Å². The normalized spacial score (nSPS) is 12.2. The molecule has 0 spiro atoms. The Kier molecular flexibility index (Phi) is 8.60. The van der Waals surface area contributed by atoms with Crippen LogP contribution in [0, 0.1) is 6.92 Å². The van der Waals surface area contributed by atoms with E-state index in [9.17, 15) is 0 Å². The first-order valence-electron chi connectivity index (χ1n) is 6.38. The molecule has 2 N–H and O–H groups in total. The van der Waals surface area contributed by atoms with Crippen molar-refractivity contribution in [3.05, 3.63) is 16.1 Å². The second-order valence-corrected chi connectivity index (χ2v) is 6.67. The molecule has 0 unspecified atom stereocenters. The highest BCUT2D eigenvalue weighted by molar-refractivity contribution is 14.0. The van der Waals surface area contributed by atoms with Gasteiger partial charge in [0.1, 0.15) is 5.01 Å². The fourth-order valence-electron chi connectivity index (χ4n) is 1.32. The van der Waals surface area contributed by atoms with Crippen LogP contribution in [0.1, 0.15) is 23.7 Å². The van der Waals surface area contributed by atoms with Crippen LogP contribution in [0.4, 0.5) is 0 Å². The van der Waals surface area contributed by atoms with Gasteiger partial charge < -0.3 is 15.5 Å². The van der Waals surface area contributed by atoms with Gasteiger partial charge in [-0.25, -0.2) is 4.98 Å². The topological polar surface area (TPSA) is 52.6 Å². The number of likely N-dealkylation sites (N-methyl/N-ethyl adjacent to an activating group) is 1. The Morgan fingerprint density at radius 3 is 2.50 bits per heavy atom. The van der Waals surface area contributed by atoms with Crippen molar-refractivity contribution in [3.63, 3.8) is 0 Å². The summed E-state index contributed by atoms with van der Waals surface area (Å²) in [5.74, 6) is 0.808. The second-order valence-electron chi connectivity index (χ2n) is 5.35. The van der Waals surface area contributed by atoms with Gasteiger partial charge in [0, 0.05) is 30.2 Å². The number of hydrogen-bond donors (Lipinski definition) is 2. The number of thiazole rings is 1. The molecule has 0 atom stereocenters. The Morgan fingerprint density at radius 2 is 2.05 bits per heavy atom. The molecule has 0 aromatic carbocycles. The lowest BCUT2D eigenvalue weighted by Crippen LogP contribution is -2.50. The monoisotopic (exact) mass is 411 g/mol. The highest BCUT2D eigenvalue weighted by Crippen LogP contribution is 2.10.